The molecule has 0 heterocycles. The van der Waals surface area contributed by atoms with Crippen molar-refractivity contribution in [1.82, 2.24) is 4.90 Å². The standard InChI is InChI=1S/C14H29N/c1-15(2)14-12-10-8-6-4-3-5-7-9-11-13-14/h14H,3-13H2,1-2H3. The minimum Gasteiger partial charge on any atom is -0.306 e. The zero-order chi connectivity index (χ0) is 10.9. The van der Waals surface area contributed by atoms with E-state index in [9.17, 15) is 0 Å². The van der Waals surface area contributed by atoms with E-state index in [0.717, 1.165) is 6.04 Å². The van der Waals surface area contributed by atoms with E-state index >= 15 is 0 Å². The molecule has 0 aromatic rings. The summed E-state index contributed by atoms with van der Waals surface area (Å²) in [6.45, 7) is 0. The van der Waals surface area contributed by atoms with E-state index in [-0.39, 0.29) is 0 Å². The van der Waals surface area contributed by atoms with Crippen LogP contribution in [0.15, 0.2) is 0 Å². The van der Waals surface area contributed by atoms with Gasteiger partial charge >= 0.3 is 0 Å². The Bertz CT molecular complexity index is 130. The lowest BCUT2D eigenvalue weighted by molar-refractivity contribution is 0.250. The summed E-state index contributed by atoms with van der Waals surface area (Å²) in [4.78, 5) is 2.44. The van der Waals surface area contributed by atoms with Gasteiger partial charge in [0, 0.05) is 6.04 Å². The van der Waals surface area contributed by atoms with E-state index in [1.165, 1.54) is 70.6 Å². The smallest absolute Gasteiger partial charge is 0.00891 e. The molecule has 0 atom stereocenters. The van der Waals surface area contributed by atoms with Gasteiger partial charge < -0.3 is 4.90 Å². The molecule has 0 bridgehead atoms. The Morgan fingerprint density at radius 3 is 1.27 bits per heavy atom. The van der Waals surface area contributed by atoms with Crippen LogP contribution in [-0.4, -0.2) is 25.0 Å². The molecule has 1 heteroatoms. The molecule has 0 aliphatic heterocycles. The van der Waals surface area contributed by atoms with Gasteiger partial charge in [0.2, 0.25) is 0 Å². The van der Waals surface area contributed by atoms with E-state index in [1.54, 1.807) is 0 Å². The monoisotopic (exact) mass is 211 g/mol. The van der Waals surface area contributed by atoms with Crippen molar-refractivity contribution < 1.29 is 0 Å². The van der Waals surface area contributed by atoms with Crippen molar-refractivity contribution in [2.45, 2.75) is 76.7 Å². The molecular formula is C14H29N. The van der Waals surface area contributed by atoms with Gasteiger partial charge in [0.15, 0.2) is 0 Å². The maximum absolute atomic E-state index is 2.44. The summed E-state index contributed by atoms with van der Waals surface area (Å²) < 4.78 is 0. The van der Waals surface area contributed by atoms with Gasteiger partial charge in [-0.1, -0.05) is 57.8 Å². The minimum atomic E-state index is 0.851. The van der Waals surface area contributed by atoms with Gasteiger partial charge in [0.05, 0.1) is 0 Å². The van der Waals surface area contributed by atoms with E-state index in [2.05, 4.69) is 19.0 Å². The third-order valence-corrected chi connectivity index (χ3v) is 3.80. The second-order valence-corrected chi connectivity index (χ2v) is 5.38. The highest BCUT2D eigenvalue weighted by atomic mass is 15.1. The van der Waals surface area contributed by atoms with E-state index in [1.807, 2.05) is 0 Å². The maximum Gasteiger partial charge on any atom is 0.00891 e. The molecule has 0 spiro atoms. The van der Waals surface area contributed by atoms with Gasteiger partial charge in [-0.25, -0.2) is 0 Å². The van der Waals surface area contributed by atoms with Crippen LogP contribution in [0.1, 0.15) is 70.6 Å². The minimum absolute atomic E-state index is 0.851. The van der Waals surface area contributed by atoms with Crippen LogP contribution in [0, 0.1) is 0 Å². The molecule has 1 fully saturated rings. The second-order valence-electron chi connectivity index (χ2n) is 5.38. The Hall–Kier alpha value is -0.0400. The normalized spacial score (nSPS) is 23.4. The molecule has 1 rings (SSSR count). The Kier molecular flexibility index (Phi) is 7.08. The fourth-order valence-electron chi connectivity index (χ4n) is 2.66. The fourth-order valence-corrected chi connectivity index (χ4v) is 2.66. The lowest BCUT2D eigenvalue weighted by atomic mass is 9.97. The van der Waals surface area contributed by atoms with Gasteiger partial charge in [0.1, 0.15) is 0 Å². The summed E-state index contributed by atoms with van der Waals surface area (Å²) in [5.41, 5.74) is 0. The molecule has 1 saturated carbocycles. The first kappa shape index (κ1) is 13.0. The number of hydrogen-bond donors (Lipinski definition) is 0. The van der Waals surface area contributed by atoms with Crippen LogP contribution in [0.25, 0.3) is 0 Å². The maximum atomic E-state index is 2.44. The Morgan fingerprint density at radius 2 is 0.933 bits per heavy atom. The van der Waals surface area contributed by atoms with E-state index in [4.69, 9.17) is 0 Å². The van der Waals surface area contributed by atoms with Crippen molar-refractivity contribution in [3.63, 3.8) is 0 Å². The molecule has 15 heavy (non-hydrogen) atoms. The molecule has 1 aliphatic carbocycles. The third kappa shape index (κ3) is 6.19. The quantitative estimate of drug-likeness (QED) is 0.627. The van der Waals surface area contributed by atoms with Gasteiger partial charge in [-0.2, -0.15) is 0 Å². The van der Waals surface area contributed by atoms with Crippen LogP contribution >= 0.6 is 0 Å². The van der Waals surface area contributed by atoms with E-state index < -0.39 is 0 Å². The average Bonchev–Trinajstić information content (AvgIpc) is 2.18. The lowest BCUT2D eigenvalue weighted by Crippen LogP contribution is -2.27. The van der Waals surface area contributed by atoms with Gasteiger partial charge in [-0.3, -0.25) is 0 Å². The number of nitrogens with zero attached hydrogens (tertiary/aromatic N) is 1. The summed E-state index contributed by atoms with van der Waals surface area (Å²) in [7, 11) is 4.49. The van der Waals surface area contributed by atoms with Gasteiger partial charge in [-0.05, 0) is 26.9 Å². The molecule has 0 amide bonds. The van der Waals surface area contributed by atoms with Crippen molar-refractivity contribution in [3.05, 3.63) is 0 Å². The van der Waals surface area contributed by atoms with E-state index in [0.29, 0.717) is 0 Å². The first-order chi connectivity index (χ1) is 7.30. The van der Waals surface area contributed by atoms with Crippen LogP contribution < -0.4 is 0 Å². The summed E-state index contributed by atoms with van der Waals surface area (Å²) >= 11 is 0. The van der Waals surface area contributed by atoms with Gasteiger partial charge in [-0.15, -0.1) is 0 Å². The zero-order valence-electron chi connectivity index (χ0n) is 10.8. The van der Waals surface area contributed by atoms with Crippen LogP contribution in [0.2, 0.25) is 0 Å². The largest absolute Gasteiger partial charge is 0.306 e. The molecular weight excluding hydrogens is 182 g/mol. The second kappa shape index (κ2) is 8.15. The van der Waals surface area contributed by atoms with Crippen molar-refractivity contribution in [1.29, 1.82) is 0 Å². The Balaban J connectivity index is 2.25. The molecule has 90 valence electrons. The third-order valence-electron chi connectivity index (χ3n) is 3.80. The Morgan fingerprint density at radius 1 is 0.600 bits per heavy atom. The van der Waals surface area contributed by atoms with Crippen LogP contribution in [0.5, 0.6) is 0 Å². The molecule has 0 unspecified atom stereocenters. The van der Waals surface area contributed by atoms with Crippen LogP contribution in [-0.2, 0) is 0 Å². The topological polar surface area (TPSA) is 3.24 Å². The van der Waals surface area contributed by atoms with Crippen molar-refractivity contribution >= 4 is 0 Å². The molecule has 0 aromatic carbocycles. The predicted octanol–water partition coefficient (Wildman–Crippen LogP) is 4.22. The fraction of sp³-hybridized carbons (Fsp3) is 1.00. The average molecular weight is 211 g/mol. The number of hydrogen-bond acceptors (Lipinski definition) is 1. The SMILES string of the molecule is CN(C)C1CCCCCCCCCCC1. The highest BCUT2D eigenvalue weighted by Gasteiger charge is 2.10. The van der Waals surface area contributed by atoms with Crippen LogP contribution in [0.3, 0.4) is 0 Å². The highest BCUT2D eigenvalue weighted by Crippen LogP contribution is 2.18. The molecule has 1 nitrogen and oxygen atoms in total. The summed E-state index contributed by atoms with van der Waals surface area (Å²) in [5, 5.41) is 0. The molecule has 1 aliphatic rings. The molecule has 0 N–H and O–H groups in total. The van der Waals surface area contributed by atoms with Crippen molar-refractivity contribution in [2.75, 3.05) is 14.1 Å². The van der Waals surface area contributed by atoms with Gasteiger partial charge in [0.25, 0.3) is 0 Å². The summed E-state index contributed by atoms with van der Waals surface area (Å²) in [5.74, 6) is 0. The Labute approximate surface area is 96.2 Å². The zero-order valence-corrected chi connectivity index (χ0v) is 10.8. The lowest BCUT2D eigenvalue weighted by Gasteiger charge is -2.24. The number of rotatable bonds is 1. The summed E-state index contributed by atoms with van der Waals surface area (Å²) in [6, 6.07) is 0.851. The molecule has 0 radical (unpaired) electrons. The first-order valence-electron chi connectivity index (χ1n) is 6.97. The first-order valence-corrected chi connectivity index (χ1v) is 6.97. The summed E-state index contributed by atoms with van der Waals surface area (Å²) in [6.07, 6.45) is 16.1. The van der Waals surface area contributed by atoms with Crippen LogP contribution in [0.4, 0.5) is 0 Å². The van der Waals surface area contributed by atoms with Crippen molar-refractivity contribution in [2.24, 2.45) is 0 Å². The highest BCUT2D eigenvalue weighted by molar-refractivity contribution is 4.67. The molecule has 0 aromatic heterocycles. The van der Waals surface area contributed by atoms with Crippen molar-refractivity contribution in [3.8, 4) is 0 Å². The predicted molar refractivity (Wildman–Crippen MR) is 68.3 cm³/mol. The molecule has 0 saturated heterocycles.